The van der Waals surface area contributed by atoms with Gasteiger partial charge in [0.05, 0.1) is 5.92 Å². The third-order valence-corrected chi connectivity index (χ3v) is 6.31. The second kappa shape index (κ2) is 15.6. The summed E-state index contributed by atoms with van der Waals surface area (Å²) < 4.78 is 14.1. The number of hydrogen-bond acceptors (Lipinski definition) is 4. The highest BCUT2D eigenvalue weighted by Crippen LogP contribution is 2.26. The highest BCUT2D eigenvalue weighted by atomic mass is 19.1. The van der Waals surface area contributed by atoms with Crippen LogP contribution in [0, 0.1) is 5.92 Å². The molecule has 0 radical (unpaired) electrons. The lowest BCUT2D eigenvalue weighted by Gasteiger charge is -2.36. The molecule has 1 aromatic rings. The van der Waals surface area contributed by atoms with Crippen molar-refractivity contribution in [2.24, 2.45) is 5.92 Å². The molecular formula is C30H40FN3O3. The number of hydrogen-bond donors (Lipinski definition) is 1. The molecule has 0 spiro atoms. The number of carboxylic acid groups (broad SMARTS) is 1. The van der Waals surface area contributed by atoms with Crippen LogP contribution in [0.25, 0.3) is 0 Å². The summed E-state index contributed by atoms with van der Waals surface area (Å²) in [5.74, 6) is -1.15. The molecule has 1 saturated heterocycles. The summed E-state index contributed by atoms with van der Waals surface area (Å²) in [4.78, 5) is 28.3. The Morgan fingerprint density at radius 3 is 2.43 bits per heavy atom. The number of likely N-dealkylation sites (N-methyl/N-ethyl adjacent to an activating group) is 1. The number of halogens is 1. The van der Waals surface area contributed by atoms with E-state index >= 15 is 0 Å². The monoisotopic (exact) mass is 509 g/mol. The van der Waals surface area contributed by atoms with Gasteiger partial charge in [-0.15, -0.1) is 0 Å². The molecule has 2 aliphatic rings. The number of anilines is 1. The largest absolute Gasteiger partial charge is 0.481 e. The van der Waals surface area contributed by atoms with E-state index in [0.717, 1.165) is 42.6 Å². The molecule has 3 rings (SSSR count). The van der Waals surface area contributed by atoms with E-state index in [1.165, 1.54) is 0 Å². The number of carboxylic acids is 1. The van der Waals surface area contributed by atoms with E-state index < -0.39 is 5.97 Å². The molecule has 1 amide bonds. The molecule has 1 heterocycles. The van der Waals surface area contributed by atoms with Gasteiger partial charge in [-0.3, -0.25) is 14.5 Å². The highest BCUT2D eigenvalue weighted by Gasteiger charge is 2.32. The molecular weight excluding hydrogens is 469 g/mol. The lowest BCUT2D eigenvalue weighted by molar-refractivity contribution is -0.147. The van der Waals surface area contributed by atoms with Gasteiger partial charge in [-0.05, 0) is 53.8 Å². The number of aliphatic carboxylic acids is 1. The first-order chi connectivity index (χ1) is 17.9. The number of carbonyl (C=O) groups excluding carboxylic acids is 1. The summed E-state index contributed by atoms with van der Waals surface area (Å²) in [6.45, 7) is 10.8. The Kier molecular flexibility index (Phi) is 12.6. The van der Waals surface area contributed by atoms with Gasteiger partial charge in [-0.1, -0.05) is 50.8 Å². The molecule has 0 unspecified atom stereocenters. The summed E-state index contributed by atoms with van der Waals surface area (Å²) in [7, 11) is 1.97. The van der Waals surface area contributed by atoms with E-state index in [9.17, 15) is 14.0 Å². The third kappa shape index (κ3) is 9.50. The molecule has 1 aromatic carbocycles. The molecule has 1 N–H and O–H groups in total. The van der Waals surface area contributed by atoms with Gasteiger partial charge in [0, 0.05) is 58.1 Å². The summed E-state index contributed by atoms with van der Waals surface area (Å²) >= 11 is 0. The standard InChI is InChI=1S/C28H34FN3O3.C2H6/c1-3-6-22(17-24-7-4-5-8-27(24)29)13-14-31(21-33)16-15-30(2)26-11-9-23(10-12-26)18-32-19-25(20-32)28(34)35;1-2/h3,6-14,21,25H,1,4-5,15-20H2,2H3,(H,34,35);1-2H3/b14-13+,22-6+;. The molecule has 1 aliphatic heterocycles. The number of allylic oxidation sites excluding steroid dienone is 8. The van der Waals surface area contributed by atoms with Crippen LogP contribution in [0.2, 0.25) is 0 Å². The van der Waals surface area contributed by atoms with Crippen molar-refractivity contribution < 1.29 is 19.1 Å². The molecule has 1 fully saturated rings. The molecule has 7 heteroatoms. The van der Waals surface area contributed by atoms with E-state index in [4.69, 9.17) is 5.11 Å². The van der Waals surface area contributed by atoms with E-state index in [2.05, 4.69) is 28.5 Å². The lowest BCUT2D eigenvalue weighted by Crippen LogP contribution is -2.49. The fraction of sp³-hybridized carbons (Fsp3) is 0.400. The topological polar surface area (TPSA) is 64.1 Å². The van der Waals surface area contributed by atoms with Gasteiger partial charge >= 0.3 is 5.97 Å². The van der Waals surface area contributed by atoms with Crippen LogP contribution in [-0.2, 0) is 16.1 Å². The number of carbonyl (C=O) groups is 2. The van der Waals surface area contributed by atoms with Gasteiger partial charge in [0.25, 0.3) is 0 Å². The minimum Gasteiger partial charge on any atom is -0.481 e. The van der Waals surface area contributed by atoms with Crippen molar-refractivity contribution in [1.29, 1.82) is 0 Å². The van der Waals surface area contributed by atoms with Gasteiger partial charge in [-0.25, -0.2) is 4.39 Å². The van der Waals surface area contributed by atoms with Crippen LogP contribution in [0.5, 0.6) is 0 Å². The van der Waals surface area contributed by atoms with Gasteiger partial charge in [0.2, 0.25) is 6.41 Å². The first-order valence-corrected chi connectivity index (χ1v) is 12.9. The van der Waals surface area contributed by atoms with Crippen molar-refractivity contribution in [3.8, 4) is 0 Å². The first-order valence-electron chi connectivity index (χ1n) is 12.9. The fourth-order valence-corrected chi connectivity index (χ4v) is 4.12. The Morgan fingerprint density at radius 2 is 1.84 bits per heavy atom. The highest BCUT2D eigenvalue weighted by molar-refractivity contribution is 5.71. The molecule has 1 aliphatic carbocycles. The predicted octanol–water partition coefficient (Wildman–Crippen LogP) is 5.71. The Labute approximate surface area is 220 Å². The Hall–Kier alpha value is -3.45. The predicted molar refractivity (Wildman–Crippen MR) is 149 cm³/mol. The van der Waals surface area contributed by atoms with Crippen LogP contribution in [0.3, 0.4) is 0 Å². The Balaban J connectivity index is 0.00000235. The maximum absolute atomic E-state index is 14.1. The average Bonchev–Trinajstić information content (AvgIpc) is 2.88. The third-order valence-electron chi connectivity index (χ3n) is 6.31. The summed E-state index contributed by atoms with van der Waals surface area (Å²) in [5.41, 5.74) is 3.73. The van der Waals surface area contributed by atoms with Crippen molar-refractivity contribution in [3.05, 3.63) is 90.0 Å². The van der Waals surface area contributed by atoms with Crippen molar-refractivity contribution in [1.82, 2.24) is 9.80 Å². The zero-order chi connectivity index (χ0) is 27.2. The van der Waals surface area contributed by atoms with Crippen molar-refractivity contribution in [2.75, 3.05) is 38.1 Å². The van der Waals surface area contributed by atoms with Crippen LogP contribution in [0.1, 0.15) is 38.7 Å². The minimum absolute atomic E-state index is 0.172. The van der Waals surface area contributed by atoms with Crippen molar-refractivity contribution in [2.45, 2.75) is 39.7 Å². The van der Waals surface area contributed by atoms with E-state index in [-0.39, 0.29) is 11.7 Å². The number of amides is 1. The molecule has 0 atom stereocenters. The van der Waals surface area contributed by atoms with E-state index in [0.29, 0.717) is 38.2 Å². The Morgan fingerprint density at radius 1 is 1.16 bits per heavy atom. The van der Waals surface area contributed by atoms with Gasteiger partial charge < -0.3 is 14.9 Å². The summed E-state index contributed by atoms with van der Waals surface area (Å²) in [5, 5.41) is 9.00. The molecule has 0 saturated carbocycles. The van der Waals surface area contributed by atoms with Gasteiger partial charge in [-0.2, -0.15) is 0 Å². The number of likely N-dealkylation sites (tertiary alicyclic amines) is 1. The quantitative estimate of drug-likeness (QED) is 0.272. The van der Waals surface area contributed by atoms with Crippen LogP contribution in [-0.4, -0.2) is 60.5 Å². The van der Waals surface area contributed by atoms with Crippen LogP contribution < -0.4 is 4.90 Å². The van der Waals surface area contributed by atoms with Crippen molar-refractivity contribution in [3.63, 3.8) is 0 Å². The smallest absolute Gasteiger partial charge is 0.309 e. The number of benzene rings is 1. The molecule has 0 aromatic heterocycles. The maximum atomic E-state index is 14.1. The van der Waals surface area contributed by atoms with Crippen LogP contribution in [0.4, 0.5) is 10.1 Å². The second-order valence-corrected chi connectivity index (χ2v) is 8.99. The number of rotatable bonds is 13. The SMILES string of the molecule is C=C/C=C(\C=C\N(C=O)CCN(C)c1ccc(CN2CC(C(=O)O)C2)cc1)CC1=CCCC=C1F.CC. The molecule has 200 valence electrons. The molecule has 0 bridgehead atoms. The lowest BCUT2D eigenvalue weighted by atomic mass is 9.98. The first kappa shape index (κ1) is 29.8. The normalized spacial score (nSPS) is 16.2. The fourth-order valence-electron chi connectivity index (χ4n) is 4.12. The van der Waals surface area contributed by atoms with Crippen molar-refractivity contribution >= 4 is 18.1 Å². The summed E-state index contributed by atoms with van der Waals surface area (Å²) in [6, 6.07) is 8.18. The molecule has 37 heavy (non-hydrogen) atoms. The van der Waals surface area contributed by atoms with Crippen LogP contribution in [0.15, 0.2) is 84.4 Å². The summed E-state index contributed by atoms with van der Waals surface area (Å²) in [6.07, 6.45) is 13.4. The van der Waals surface area contributed by atoms with Crippen LogP contribution >= 0.6 is 0 Å². The average molecular weight is 510 g/mol. The van der Waals surface area contributed by atoms with Gasteiger partial charge in [0.15, 0.2) is 0 Å². The van der Waals surface area contributed by atoms with E-state index in [1.807, 2.05) is 51.3 Å². The maximum Gasteiger partial charge on any atom is 0.309 e. The minimum atomic E-state index is -0.724. The Bertz CT molecular complexity index is 1020. The van der Waals surface area contributed by atoms with E-state index in [1.54, 1.807) is 23.3 Å². The van der Waals surface area contributed by atoms with Gasteiger partial charge in [0.1, 0.15) is 5.83 Å². The zero-order valence-corrected chi connectivity index (χ0v) is 22.3. The second-order valence-electron chi connectivity index (χ2n) is 8.99. The molecule has 6 nitrogen and oxygen atoms in total. The zero-order valence-electron chi connectivity index (χ0n) is 22.3. The number of nitrogens with zero attached hydrogens (tertiary/aromatic N) is 3.